The van der Waals surface area contributed by atoms with Crippen molar-refractivity contribution >= 4 is 15.9 Å². The van der Waals surface area contributed by atoms with Gasteiger partial charge in [-0.15, -0.1) is 0 Å². The first-order valence-electron chi connectivity index (χ1n) is 5.48. The highest BCUT2D eigenvalue weighted by Crippen LogP contribution is 2.08. The van der Waals surface area contributed by atoms with E-state index in [9.17, 15) is 13.2 Å². The fraction of sp³-hybridized carbons (Fsp3) is 0.364. The van der Waals surface area contributed by atoms with E-state index < -0.39 is 16.1 Å². The van der Waals surface area contributed by atoms with Gasteiger partial charge in [0.1, 0.15) is 6.04 Å². The molecule has 0 fully saturated rings. The van der Waals surface area contributed by atoms with Gasteiger partial charge in [0.05, 0.1) is 11.5 Å². The van der Waals surface area contributed by atoms with E-state index in [1.807, 2.05) is 0 Å². The minimum absolute atomic E-state index is 0.0265. The highest BCUT2D eigenvalue weighted by Gasteiger charge is 2.12. The van der Waals surface area contributed by atoms with Gasteiger partial charge in [-0.05, 0) is 17.7 Å². The molecule has 1 unspecified atom stereocenters. The largest absolute Gasteiger partial charge is 0.383 e. The Morgan fingerprint density at radius 2 is 1.95 bits per heavy atom. The fourth-order valence-corrected chi connectivity index (χ4v) is 1.89. The molecule has 0 heterocycles. The van der Waals surface area contributed by atoms with E-state index in [-0.39, 0.29) is 24.0 Å². The van der Waals surface area contributed by atoms with Crippen LogP contribution >= 0.6 is 0 Å². The number of carbonyl (C=O) groups is 1. The minimum Gasteiger partial charge on any atom is -0.383 e. The number of hydrogen-bond acceptors (Lipinski definition) is 5. The topological polar surface area (TPSA) is 125 Å². The average molecular weight is 287 g/mol. The van der Waals surface area contributed by atoms with Crippen molar-refractivity contribution in [3.05, 3.63) is 29.8 Å². The number of ether oxygens (including phenoxy) is 1. The van der Waals surface area contributed by atoms with Crippen molar-refractivity contribution in [3.8, 4) is 0 Å². The number of sulfonamides is 1. The zero-order valence-electron chi connectivity index (χ0n) is 10.5. The quantitative estimate of drug-likeness (QED) is 0.614. The van der Waals surface area contributed by atoms with Gasteiger partial charge in [-0.25, -0.2) is 13.6 Å². The van der Waals surface area contributed by atoms with Crippen LogP contribution in [0.15, 0.2) is 29.2 Å². The van der Waals surface area contributed by atoms with Crippen molar-refractivity contribution in [1.82, 2.24) is 5.32 Å². The van der Waals surface area contributed by atoms with Crippen LogP contribution in [0.2, 0.25) is 0 Å². The lowest BCUT2D eigenvalue weighted by molar-refractivity contribution is -0.123. The molecular formula is C11H17N3O4S. The van der Waals surface area contributed by atoms with Crippen LogP contribution in [0, 0.1) is 0 Å². The van der Waals surface area contributed by atoms with Crippen LogP contribution in [0.4, 0.5) is 0 Å². The molecule has 1 aromatic carbocycles. The molecule has 5 N–H and O–H groups in total. The standard InChI is InChI=1S/C11H17N3O4S/c1-18-7-10(12)11(15)14-6-8-2-4-9(5-3-8)19(13,16)17/h2-5,10H,6-7,12H2,1H3,(H,14,15)(H2,13,16,17). The molecule has 8 heteroatoms. The third-order valence-corrected chi connectivity index (χ3v) is 3.33. The first-order chi connectivity index (χ1) is 8.84. The smallest absolute Gasteiger partial charge is 0.239 e. The second kappa shape index (κ2) is 6.62. The summed E-state index contributed by atoms with van der Waals surface area (Å²) in [5, 5.41) is 7.59. The average Bonchev–Trinajstić information content (AvgIpc) is 2.35. The first kappa shape index (κ1) is 15.6. The first-order valence-corrected chi connectivity index (χ1v) is 7.03. The van der Waals surface area contributed by atoms with Gasteiger partial charge in [0, 0.05) is 13.7 Å². The molecule has 0 radical (unpaired) electrons. The zero-order valence-corrected chi connectivity index (χ0v) is 11.3. The Balaban J connectivity index is 2.58. The van der Waals surface area contributed by atoms with Crippen molar-refractivity contribution in [2.45, 2.75) is 17.5 Å². The van der Waals surface area contributed by atoms with Crippen molar-refractivity contribution in [2.75, 3.05) is 13.7 Å². The van der Waals surface area contributed by atoms with Crippen LogP contribution in [-0.4, -0.2) is 34.1 Å². The number of amides is 1. The molecule has 0 aliphatic carbocycles. The third kappa shape index (κ3) is 4.95. The Bertz CT molecular complexity index is 527. The van der Waals surface area contributed by atoms with Gasteiger partial charge in [0.15, 0.2) is 0 Å². The lowest BCUT2D eigenvalue weighted by Crippen LogP contribution is -2.43. The number of primary sulfonamides is 1. The van der Waals surface area contributed by atoms with E-state index >= 15 is 0 Å². The van der Waals surface area contributed by atoms with Crippen LogP contribution in [0.3, 0.4) is 0 Å². The summed E-state index contributed by atoms with van der Waals surface area (Å²) >= 11 is 0. The Labute approximate surface area is 112 Å². The number of benzene rings is 1. The molecule has 0 aliphatic rings. The predicted molar refractivity (Wildman–Crippen MR) is 69.5 cm³/mol. The molecule has 1 rings (SSSR count). The lowest BCUT2D eigenvalue weighted by Gasteiger charge is -2.11. The van der Waals surface area contributed by atoms with Crippen LogP contribution in [0.25, 0.3) is 0 Å². The Morgan fingerprint density at radius 1 is 1.37 bits per heavy atom. The molecule has 0 spiro atoms. The second-order valence-corrected chi connectivity index (χ2v) is 5.53. The van der Waals surface area contributed by atoms with E-state index in [1.165, 1.54) is 19.2 Å². The number of methoxy groups -OCH3 is 1. The number of nitrogens with two attached hydrogens (primary N) is 2. The van der Waals surface area contributed by atoms with E-state index in [0.717, 1.165) is 5.56 Å². The lowest BCUT2D eigenvalue weighted by atomic mass is 10.2. The number of carbonyl (C=O) groups excluding carboxylic acids is 1. The molecule has 7 nitrogen and oxygen atoms in total. The number of hydrogen-bond donors (Lipinski definition) is 3. The predicted octanol–water partition coefficient (Wildman–Crippen LogP) is -1.08. The molecule has 0 aliphatic heterocycles. The maximum Gasteiger partial charge on any atom is 0.239 e. The maximum atomic E-state index is 11.5. The molecule has 106 valence electrons. The van der Waals surface area contributed by atoms with E-state index in [4.69, 9.17) is 15.6 Å². The fourth-order valence-electron chi connectivity index (χ4n) is 1.37. The molecule has 0 saturated carbocycles. The Kier molecular flexibility index (Phi) is 5.43. The molecule has 0 saturated heterocycles. The molecule has 19 heavy (non-hydrogen) atoms. The Morgan fingerprint density at radius 3 is 2.42 bits per heavy atom. The summed E-state index contributed by atoms with van der Waals surface area (Å²) in [6.07, 6.45) is 0. The summed E-state index contributed by atoms with van der Waals surface area (Å²) in [5.74, 6) is -0.336. The van der Waals surface area contributed by atoms with Gasteiger partial charge in [-0.2, -0.15) is 0 Å². The van der Waals surface area contributed by atoms with Crippen LogP contribution in [-0.2, 0) is 26.1 Å². The van der Waals surface area contributed by atoms with Gasteiger partial charge in [0.2, 0.25) is 15.9 Å². The summed E-state index contributed by atoms with van der Waals surface area (Å²) in [6.45, 7) is 0.386. The van der Waals surface area contributed by atoms with E-state index in [0.29, 0.717) is 0 Å². The molecule has 1 atom stereocenters. The van der Waals surface area contributed by atoms with Crippen LogP contribution in [0.5, 0.6) is 0 Å². The van der Waals surface area contributed by atoms with Crippen molar-refractivity contribution < 1.29 is 17.9 Å². The van der Waals surface area contributed by atoms with E-state index in [1.54, 1.807) is 12.1 Å². The van der Waals surface area contributed by atoms with Crippen molar-refractivity contribution in [2.24, 2.45) is 10.9 Å². The van der Waals surface area contributed by atoms with E-state index in [2.05, 4.69) is 5.32 Å². The van der Waals surface area contributed by atoms with Gasteiger partial charge >= 0.3 is 0 Å². The van der Waals surface area contributed by atoms with Gasteiger partial charge in [-0.1, -0.05) is 12.1 Å². The Hall–Kier alpha value is -1.48. The zero-order chi connectivity index (χ0) is 14.5. The van der Waals surface area contributed by atoms with Gasteiger partial charge in [0.25, 0.3) is 0 Å². The number of nitrogens with one attached hydrogen (secondary N) is 1. The third-order valence-electron chi connectivity index (χ3n) is 2.40. The normalized spacial score (nSPS) is 13.0. The van der Waals surface area contributed by atoms with Crippen LogP contribution in [0.1, 0.15) is 5.56 Å². The van der Waals surface area contributed by atoms with Crippen molar-refractivity contribution in [1.29, 1.82) is 0 Å². The second-order valence-electron chi connectivity index (χ2n) is 3.97. The summed E-state index contributed by atoms with van der Waals surface area (Å²) in [5.41, 5.74) is 6.28. The summed E-state index contributed by atoms with van der Waals surface area (Å²) in [7, 11) is -2.24. The molecule has 1 amide bonds. The summed E-state index contributed by atoms with van der Waals surface area (Å²) in [4.78, 5) is 11.5. The summed E-state index contributed by atoms with van der Waals surface area (Å²) < 4.78 is 26.9. The summed E-state index contributed by atoms with van der Waals surface area (Å²) in [6, 6.07) is 5.18. The number of rotatable bonds is 6. The van der Waals surface area contributed by atoms with Gasteiger partial charge in [-0.3, -0.25) is 4.79 Å². The highest BCUT2D eigenvalue weighted by atomic mass is 32.2. The SMILES string of the molecule is COCC(N)C(=O)NCc1ccc(S(N)(=O)=O)cc1. The monoisotopic (exact) mass is 287 g/mol. The minimum atomic E-state index is -3.70. The molecule has 1 aromatic rings. The molecule has 0 aromatic heterocycles. The van der Waals surface area contributed by atoms with Crippen molar-refractivity contribution in [3.63, 3.8) is 0 Å². The molecule has 0 bridgehead atoms. The van der Waals surface area contributed by atoms with Gasteiger partial charge < -0.3 is 15.8 Å². The molecular weight excluding hydrogens is 270 g/mol. The maximum absolute atomic E-state index is 11.5. The highest BCUT2D eigenvalue weighted by molar-refractivity contribution is 7.89. The van der Waals surface area contributed by atoms with Crippen LogP contribution < -0.4 is 16.2 Å².